The van der Waals surface area contributed by atoms with E-state index in [-0.39, 0.29) is 0 Å². The minimum absolute atomic E-state index is 0.524. The van der Waals surface area contributed by atoms with Crippen molar-refractivity contribution in [2.45, 2.75) is 19.4 Å². The summed E-state index contributed by atoms with van der Waals surface area (Å²) in [7, 11) is 1.98. The van der Waals surface area contributed by atoms with Gasteiger partial charge in [-0.15, -0.1) is 11.3 Å². The molecular weight excluding hydrogens is 216 g/mol. The van der Waals surface area contributed by atoms with Gasteiger partial charge in [0.2, 0.25) is 0 Å². The molecule has 0 saturated heterocycles. The van der Waals surface area contributed by atoms with Crippen LogP contribution in [-0.2, 0) is 6.54 Å². The van der Waals surface area contributed by atoms with E-state index in [1.807, 2.05) is 24.1 Å². The average Bonchev–Trinajstić information content (AvgIpc) is 2.91. The van der Waals surface area contributed by atoms with Gasteiger partial charge in [0.25, 0.3) is 0 Å². The van der Waals surface area contributed by atoms with E-state index < -0.39 is 0 Å². The number of hydrogen-bond donors (Lipinski definition) is 1. The summed E-state index contributed by atoms with van der Waals surface area (Å²) >= 11 is 7.44. The molecule has 76 valence electrons. The summed E-state index contributed by atoms with van der Waals surface area (Å²) in [5.74, 6) is 1.30. The highest BCUT2D eigenvalue weighted by Crippen LogP contribution is 2.31. The van der Waals surface area contributed by atoms with Crippen molar-refractivity contribution in [1.29, 1.82) is 5.41 Å². The van der Waals surface area contributed by atoms with E-state index in [0.29, 0.717) is 5.92 Å². The summed E-state index contributed by atoms with van der Waals surface area (Å²) in [5.41, 5.74) is 0. The lowest BCUT2D eigenvalue weighted by Crippen LogP contribution is -2.26. The molecule has 1 aromatic rings. The van der Waals surface area contributed by atoms with E-state index in [0.717, 1.165) is 16.7 Å². The minimum Gasteiger partial charge on any atom is -0.358 e. The SMILES string of the molecule is CN(Cc1ccc(Cl)s1)C(=N)C1CC1. The van der Waals surface area contributed by atoms with Crippen molar-refractivity contribution in [2.75, 3.05) is 7.05 Å². The van der Waals surface area contributed by atoms with E-state index in [1.54, 1.807) is 11.3 Å². The van der Waals surface area contributed by atoms with Crippen LogP contribution >= 0.6 is 22.9 Å². The van der Waals surface area contributed by atoms with Crippen LogP contribution in [0.15, 0.2) is 12.1 Å². The molecule has 0 aromatic carbocycles. The van der Waals surface area contributed by atoms with Crippen LogP contribution in [0.2, 0.25) is 4.34 Å². The predicted octanol–water partition coefficient (Wildman–Crippen LogP) is 3.22. The topological polar surface area (TPSA) is 27.1 Å². The molecule has 0 aliphatic heterocycles. The molecule has 0 atom stereocenters. The monoisotopic (exact) mass is 228 g/mol. The summed E-state index contributed by atoms with van der Waals surface area (Å²) in [6, 6.07) is 3.94. The Morgan fingerprint density at radius 2 is 2.36 bits per heavy atom. The van der Waals surface area contributed by atoms with Gasteiger partial charge in [0.15, 0.2) is 0 Å². The first-order valence-electron chi connectivity index (χ1n) is 4.70. The van der Waals surface area contributed by atoms with Crippen LogP contribution in [0.5, 0.6) is 0 Å². The van der Waals surface area contributed by atoms with Crippen LogP contribution in [0, 0.1) is 11.3 Å². The van der Waals surface area contributed by atoms with E-state index in [9.17, 15) is 0 Å². The van der Waals surface area contributed by atoms with Crippen molar-refractivity contribution in [3.05, 3.63) is 21.3 Å². The summed E-state index contributed by atoms with van der Waals surface area (Å²) in [6.45, 7) is 0.812. The third-order valence-electron chi connectivity index (χ3n) is 2.40. The quantitative estimate of drug-likeness (QED) is 0.624. The predicted molar refractivity (Wildman–Crippen MR) is 61.2 cm³/mol. The Hall–Kier alpha value is -0.540. The van der Waals surface area contributed by atoms with Gasteiger partial charge in [0.1, 0.15) is 0 Å². The normalized spacial score (nSPS) is 15.6. The zero-order valence-electron chi connectivity index (χ0n) is 8.09. The van der Waals surface area contributed by atoms with Crippen LogP contribution in [-0.4, -0.2) is 17.8 Å². The highest BCUT2D eigenvalue weighted by Gasteiger charge is 2.28. The third kappa shape index (κ3) is 2.28. The molecular formula is C10H13ClN2S. The number of amidine groups is 1. The number of nitrogens with zero attached hydrogens (tertiary/aromatic N) is 1. The smallest absolute Gasteiger partial charge is 0.0990 e. The van der Waals surface area contributed by atoms with Gasteiger partial charge in [-0.25, -0.2) is 0 Å². The lowest BCUT2D eigenvalue weighted by atomic mass is 10.3. The Bertz CT molecular complexity index is 344. The Kier molecular flexibility index (Phi) is 2.79. The summed E-state index contributed by atoms with van der Waals surface area (Å²) in [4.78, 5) is 3.24. The molecule has 0 bridgehead atoms. The molecule has 0 radical (unpaired) electrons. The van der Waals surface area contributed by atoms with Crippen molar-refractivity contribution >= 4 is 28.8 Å². The third-order valence-corrected chi connectivity index (χ3v) is 3.61. The summed E-state index contributed by atoms with van der Waals surface area (Å²) < 4.78 is 0.825. The van der Waals surface area contributed by atoms with Gasteiger partial charge >= 0.3 is 0 Å². The number of thiophene rings is 1. The molecule has 1 aromatic heterocycles. The molecule has 1 heterocycles. The largest absolute Gasteiger partial charge is 0.358 e. The molecule has 1 fully saturated rings. The molecule has 0 unspecified atom stereocenters. The second-order valence-electron chi connectivity index (χ2n) is 3.72. The Labute approximate surface area is 93.0 Å². The van der Waals surface area contributed by atoms with Crippen LogP contribution in [0.1, 0.15) is 17.7 Å². The lowest BCUT2D eigenvalue weighted by molar-refractivity contribution is 0.486. The fourth-order valence-corrected chi connectivity index (χ4v) is 2.57. The molecule has 1 aliphatic rings. The number of halogens is 1. The Morgan fingerprint density at radius 1 is 1.64 bits per heavy atom. The zero-order valence-corrected chi connectivity index (χ0v) is 9.66. The lowest BCUT2D eigenvalue weighted by Gasteiger charge is -2.18. The molecule has 2 rings (SSSR count). The van der Waals surface area contributed by atoms with Crippen molar-refractivity contribution in [3.8, 4) is 0 Å². The fraction of sp³-hybridized carbons (Fsp3) is 0.500. The van der Waals surface area contributed by atoms with Crippen LogP contribution in [0.4, 0.5) is 0 Å². The fourth-order valence-electron chi connectivity index (χ4n) is 1.42. The Balaban J connectivity index is 1.93. The van der Waals surface area contributed by atoms with E-state index in [1.165, 1.54) is 17.7 Å². The zero-order chi connectivity index (χ0) is 10.1. The molecule has 0 amide bonds. The number of hydrogen-bond acceptors (Lipinski definition) is 2. The van der Waals surface area contributed by atoms with Gasteiger partial charge < -0.3 is 4.90 Å². The number of nitrogens with one attached hydrogen (secondary N) is 1. The molecule has 0 spiro atoms. The maximum atomic E-state index is 7.87. The van der Waals surface area contributed by atoms with Gasteiger partial charge in [0.05, 0.1) is 16.7 Å². The van der Waals surface area contributed by atoms with Crippen LogP contribution in [0.3, 0.4) is 0 Å². The van der Waals surface area contributed by atoms with Crippen molar-refractivity contribution in [1.82, 2.24) is 4.90 Å². The maximum Gasteiger partial charge on any atom is 0.0990 e. The van der Waals surface area contributed by atoms with Gasteiger partial charge in [-0.05, 0) is 25.0 Å². The summed E-state index contributed by atoms with van der Waals surface area (Å²) in [5, 5.41) is 7.87. The first kappa shape index (κ1) is 9.99. The Morgan fingerprint density at radius 3 is 2.86 bits per heavy atom. The van der Waals surface area contributed by atoms with Crippen molar-refractivity contribution < 1.29 is 0 Å². The summed E-state index contributed by atoms with van der Waals surface area (Å²) in [6.07, 6.45) is 2.38. The standard InChI is InChI=1S/C10H13ClN2S/c1-13(10(12)7-2-3-7)6-8-4-5-9(11)14-8/h4-5,7,12H,2-3,6H2,1H3. The van der Waals surface area contributed by atoms with Crippen molar-refractivity contribution in [3.63, 3.8) is 0 Å². The highest BCUT2D eigenvalue weighted by atomic mass is 35.5. The first-order chi connectivity index (χ1) is 6.66. The second kappa shape index (κ2) is 3.91. The number of rotatable bonds is 3. The van der Waals surface area contributed by atoms with E-state index in [4.69, 9.17) is 17.0 Å². The molecule has 14 heavy (non-hydrogen) atoms. The second-order valence-corrected chi connectivity index (χ2v) is 5.52. The van der Waals surface area contributed by atoms with Gasteiger partial charge in [-0.1, -0.05) is 11.6 Å². The molecule has 1 saturated carbocycles. The van der Waals surface area contributed by atoms with Gasteiger partial charge in [0, 0.05) is 17.8 Å². The maximum absolute atomic E-state index is 7.87. The highest BCUT2D eigenvalue weighted by molar-refractivity contribution is 7.16. The molecule has 2 nitrogen and oxygen atoms in total. The van der Waals surface area contributed by atoms with Gasteiger partial charge in [-0.2, -0.15) is 0 Å². The first-order valence-corrected chi connectivity index (χ1v) is 5.90. The average molecular weight is 229 g/mol. The molecule has 4 heteroatoms. The van der Waals surface area contributed by atoms with Gasteiger partial charge in [-0.3, -0.25) is 5.41 Å². The minimum atomic E-state index is 0.524. The van der Waals surface area contributed by atoms with E-state index >= 15 is 0 Å². The molecule has 1 aliphatic carbocycles. The van der Waals surface area contributed by atoms with Crippen molar-refractivity contribution in [2.24, 2.45) is 5.92 Å². The molecule has 1 N–H and O–H groups in total. The van der Waals surface area contributed by atoms with E-state index in [2.05, 4.69) is 0 Å². The van der Waals surface area contributed by atoms with Crippen LogP contribution < -0.4 is 0 Å². The van der Waals surface area contributed by atoms with Crippen LogP contribution in [0.25, 0.3) is 0 Å².